The van der Waals surface area contributed by atoms with E-state index in [4.69, 9.17) is 0 Å². The third kappa shape index (κ3) is 3.97. The Bertz CT molecular complexity index is 718. The van der Waals surface area contributed by atoms with Crippen molar-refractivity contribution in [1.82, 2.24) is 4.57 Å². The van der Waals surface area contributed by atoms with Crippen LogP contribution in [0.2, 0.25) is 0 Å². The fourth-order valence-corrected chi connectivity index (χ4v) is 2.27. The number of halogens is 1. The molecule has 0 amide bonds. The van der Waals surface area contributed by atoms with E-state index < -0.39 is 0 Å². The molecule has 22 heavy (non-hydrogen) atoms. The van der Waals surface area contributed by atoms with Crippen LogP contribution in [0.1, 0.15) is 46.2 Å². The molecule has 0 fully saturated rings. The summed E-state index contributed by atoms with van der Waals surface area (Å²) in [4.78, 5) is 0. The number of benzene rings is 1. The van der Waals surface area contributed by atoms with Gasteiger partial charge >= 0.3 is 0 Å². The zero-order valence-corrected chi connectivity index (χ0v) is 14.2. The van der Waals surface area contributed by atoms with Crippen LogP contribution in [0.4, 0.5) is 4.39 Å². The molecule has 2 rings (SSSR count). The fourth-order valence-electron chi connectivity index (χ4n) is 2.27. The number of hydrogen-bond donors (Lipinski definition) is 0. The second-order valence-corrected chi connectivity index (χ2v) is 5.14. The molecule has 2 aromatic rings. The molecule has 0 aliphatic heterocycles. The van der Waals surface area contributed by atoms with Crippen LogP contribution >= 0.6 is 0 Å². The van der Waals surface area contributed by atoms with Crippen molar-refractivity contribution in [2.45, 2.75) is 40.5 Å². The molecule has 1 heterocycles. The molecule has 0 atom stereocenters. The van der Waals surface area contributed by atoms with Gasteiger partial charge in [0.05, 0.1) is 5.35 Å². The van der Waals surface area contributed by atoms with Gasteiger partial charge in [-0.15, -0.1) is 0 Å². The molecule has 0 aliphatic carbocycles. The van der Waals surface area contributed by atoms with E-state index in [-0.39, 0.29) is 5.82 Å². The van der Waals surface area contributed by atoms with Crippen molar-refractivity contribution in [1.29, 1.82) is 0 Å². The molecular formula is C20H26FN. The SMILES string of the molecule is C=c1cc(C(C)C)n(-c2ccc(F)cc2)/c1=C/C=C\C.CC. The third-order valence-corrected chi connectivity index (χ3v) is 3.27. The van der Waals surface area contributed by atoms with Gasteiger partial charge in [0.2, 0.25) is 0 Å². The molecule has 0 bridgehead atoms. The van der Waals surface area contributed by atoms with Gasteiger partial charge in [-0.2, -0.15) is 0 Å². The predicted molar refractivity (Wildman–Crippen MR) is 95.2 cm³/mol. The average Bonchev–Trinajstić information content (AvgIpc) is 2.85. The molecule has 1 aromatic carbocycles. The molecule has 0 saturated carbocycles. The summed E-state index contributed by atoms with van der Waals surface area (Å²) in [5, 5.41) is 2.02. The number of rotatable bonds is 3. The highest BCUT2D eigenvalue weighted by atomic mass is 19.1. The number of allylic oxidation sites excluding steroid dienone is 2. The summed E-state index contributed by atoms with van der Waals surface area (Å²) in [5.41, 5.74) is 2.14. The van der Waals surface area contributed by atoms with Crippen LogP contribution in [0.5, 0.6) is 0 Å². The molecule has 118 valence electrons. The maximum absolute atomic E-state index is 13.1. The van der Waals surface area contributed by atoms with Crippen molar-refractivity contribution in [3.63, 3.8) is 0 Å². The largest absolute Gasteiger partial charge is 0.313 e. The van der Waals surface area contributed by atoms with E-state index >= 15 is 0 Å². The van der Waals surface area contributed by atoms with Crippen LogP contribution in [0.25, 0.3) is 18.3 Å². The van der Waals surface area contributed by atoms with Gasteiger partial charge in [0, 0.05) is 11.4 Å². The zero-order chi connectivity index (χ0) is 16.7. The van der Waals surface area contributed by atoms with Crippen LogP contribution in [-0.2, 0) is 0 Å². The van der Waals surface area contributed by atoms with E-state index in [9.17, 15) is 4.39 Å². The van der Waals surface area contributed by atoms with Crippen molar-refractivity contribution in [3.8, 4) is 5.69 Å². The Morgan fingerprint density at radius 2 is 1.73 bits per heavy atom. The second-order valence-electron chi connectivity index (χ2n) is 5.14. The van der Waals surface area contributed by atoms with Crippen molar-refractivity contribution in [2.75, 3.05) is 0 Å². The number of aromatic nitrogens is 1. The van der Waals surface area contributed by atoms with Crippen LogP contribution in [0.15, 0.2) is 42.5 Å². The van der Waals surface area contributed by atoms with Gasteiger partial charge in [0.1, 0.15) is 5.82 Å². The number of nitrogens with zero attached hydrogens (tertiary/aromatic N) is 1. The average molecular weight is 299 g/mol. The summed E-state index contributed by atoms with van der Waals surface area (Å²) < 4.78 is 15.3. The Kier molecular flexibility index (Phi) is 6.84. The first-order valence-electron chi connectivity index (χ1n) is 7.84. The second kappa shape index (κ2) is 8.38. The third-order valence-electron chi connectivity index (χ3n) is 3.27. The minimum Gasteiger partial charge on any atom is -0.313 e. The summed E-state index contributed by atoms with van der Waals surface area (Å²) in [6.45, 7) is 14.4. The molecule has 0 N–H and O–H groups in total. The quantitative estimate of drug-likeness (QED) is 0.784. The highest BCUT2D eigenvalue weighted by molar-refractivity contribution is 5.43. The lowest BCUT2D eigenvalue weighted by Crippen LogP contribution is -2.27. The van der Waals surface area contributed by atoms with Gasteiger partial charge in [0.15, 0.2) is 0 Å². The van der Waals surface area contributed by atoms with Crippen LogP contribution in [0.3, 0.4) is 0 Å². The molecular weight excluding hydrogens is 273 g/mol. The number of hydrogen-bond acceptors (Lipinski definition) is 0. The van der Waals surface area contributed by atoms with E-state index in [1.165, 1.54) is 17.8 Å². The maximum atomic E-state index is 13.1. The monoisotopic (exact) mass is 299 g/mol. The minimum absolute atomic E-state index is 0.221. The topological polar surface area (TPSA) is 4.93 Å². The van der Waals surface area contributed by atoms with Crippen LogP contribution < -0.4 is 10.6 Å². The minimum atomic E-state index is -0.221. The predicted octanol–water partition coefficient (Wildman–Crippen LogP) is 4.53. The zero-order valence-electron chi connectivity index (χ0n) is 14.2. The standard InChI is InChI=1S/C18H20FN.C2H6/c1-5-6-7-17-14(4)12-18(13(2)3)20(17)16-10-8-15(19)9-11-16;1-2/h5-13H,4H2,1-3H3;1-2H3/b6-5-,17-7+;. The maximum Gasteiger partial charge on any atom is 0.123 e. The first-order valence-corrected chi connectivity index (χ1v) is 7.84. The highest BCUT2D eigenvalue weighted by Gasteiger charge is 2.10. The lowest BCUT2D eigenvalue weighted by Gasteiger charge is -2.12. The van der Waals surface area contributed by atoms with Gasteiger partial charge in [-0.05, 0) is 54.5 Å². The summed E-state index contributed by atoms with van der Waals surface area (Å²) in [6.07, 6.45) is 6.02. The van der Waals surface area contributed by atoms with Crippen LogP contribution in [-0.4, -0.2) is 4.57 Å². The van der Waals surface area contributed by atoms with Gasteiger partial charge in [-0.1, -0.05) is 46.4 Å². The fraction of sp³-hybridized carbons (Fsp3) is 0.300. The summed E-state index contributed by atoms with van der Waals surface area (Å²) in [7, 11) is 0. The summed E-state index contributed by atoms with van der Waals surface area (Å²) in [5.74, 6) is 0.147. The molecule has 0 radical (unpaired) electrons. The Morgan fingerprint density at radius 3 is 2.23 bits per heavy atom. The first kappa shape index (κ1) is 18.0. The van der Waals surface area contributed by atoms with Crippen molar-refractivity contribution < 1.29 is 4.39 Å². The van der Waals surface area contributed by atoms with Gasteiger partial charge in [-0.25, -0.2) is 4.39 Å². The van der Waals surface area contributed by atoms with E-state index in [0.29, 0.717) is 5.92 Å². The normalized spacial score (nSPS) is 11.9. The Hall–Kier alpha value is -2.09. The van der Waals surface area contributed by atoms with Gasteiger partial charge in [-0.3, -0.25) is 0 Å². The Balaban J connectivity index is 0.00000116. The van der Waals surface area contributed by atoms with Crippen LogP contribution in [0, 0.1) is 5.82 Å². The van der Waals surface area contributed by atoms with Gasteiger partial charge < -0.3 is 4.57 Å². The first-order chi connectivity index (χ1) is 10.5. The Labute approximate surface area is 133 Å². The molecule has 0 spiro atoms. The summed E-state index contributed by atoms with van der Waals surface area (Å²) in [6, 6.07) is 8.67. The molecule has 0 unspecified atom stereocenters. The molecule has 0 saturated heterocycles. The highest BCUT2D eigenvalue weighted by Crippen LogP contribution is 2.16. The van der Waals surface area contributed by atoms with E-state index in [1.54, 1.807) is 12.1 Å². The van der Waals surface area contributed by atoms with Crippen molar-refractivity contribution in [2.24, 2.45) is 0 Å². The molecule has 1 nitrogen and oxygen atoms in total. The molecule has 1 aromatic heterocycles. The van der Waals surface area contributed by atoms with E-state index in [1.807, 2.05) is 39.0 Å². The lowest BCUT2D eigenvalue weighted by molar-refractivity contribution is 0.627. The smallest absolute Gasteiger partial charge is 0.123 e. The van der Waals surface area contributed by atoms with Crippen molar-refractivity contribution in [3.05, 3.63) is 64.6 Å². The molecule has 0 aliphatic rings. The van der Waals surface area contributed by atoms with E-state index in [0.717, 1.165) is 16.3 Å². The molecule has 2 heteroatoms. The summed E-state index contributed by atoms with van der Waals surface area (Å²) >= 11 is 0. The van der Waals surface area contributed by atoms with E-state index in [2.05, 4.69) is 31.1 Å². The lowest BCUT2D eigenvalue weighted by atomic mass is 10.1. The van der Waals surface area contributed by atoms with Crippen molar-refractivity contribution >= 4 is 12.7 Å². The Morgan fingerprint density at radius 1 is 1.14 bits per heavy atom. The van der Waals surface area contributed by atoms with Gasteiger partial charge in [0.25, 0.3) is 0 Å².